The molecule has 2 atom stereocenters. The first kappa shape index (κ1) is 10.3. The number of hydrogen-bond donors (Lipinski definition) is 2. The average Bonchev–Trinajstić information content (AvgIpc) is 1.98. The quantitative estimate of drug-likeness (QED) is 0.627. The van der Waals surface area contributed by atoms with Crippen LogP contribution >= 0.6 is 11.8 Å². The predicted molar refractivity (Wildman–Crippen MR) is 47.2 cm³/mol. The first-order chi connectivity index (χ1) is 4.72. The lowest BCUT2D eigenvalue weighted by atomic mass is 10.0. The fourth-order valence-electron chi connectivity index (χ4n) is 0.680. The standard InChI is InChI=1S/C7H17NOS/c1-6(5-8)7(9)3-4-10-2/h6-7,9H,3-5,8H2,1-2H3. The minimum absolute atomic E-state index is 0.211. The summed E-state index contributed by atoms with van der Waals surface area (Å²) >= 11 is 1.76. The van der Waals surface area contributed by atoms with E-state index in [1.54, 1.807) is 11.8 Å². The van der Waals surface area contributed by atoms with Crippen molar-refractivity contribution in [3.63, 3.8) is 0 Å². The molecule has 0 saturated heterocycles. The van der Waals surface area contributed by atoms with Crippen LogP contribution in [-0.4, -0.2) is 29.8 Å². The Bertz CT molecular complexity index is 80.0. The van der Waals surface area contributed by atoms with Crippen LogP contribution in [0.4, 0.5) is 0 Å². The van der Waals surface area contributed by atoms with E-state index in [2.05, 4.69) is 0 Å². The molecule has 0 aliphatic rings. The molecule has 0 aromatic carbocycles. The van der Waals surface area contributed by atoms with Crippen molar-refractivity contribution in [2.75, 3.05) is 18.6 Å². The number of rotatable bonds is 5. The van der Waals surface area contributed by atoms with Gasteiger partial charge in [0.25, 0.3) is 0 Å². The van der Waals surface area contributed by atoms with Gasteiger partial charge in [0.15, 0.2) is 0 Å². The third-order valence-corrected chi connectivity index (χ3v) is 2.29. The van der Waals surface area contributed by atoms with Gasteiger partial charge in [0.1, 0.15) is 0 Å². The molecule has 0 radical (unpaired) electrons. The maximum absolute atomic E-state index is 9.36. The fourth-order valence-corrected chi connectivity index (χ4v) is 1.16. The molecule has 2 nitrogen and oxygen atoms in total. The molecular formula is C7H17NOS. The van der Waals surface area contributed by atoms with Gasteiger partial charge < -0.3 is 10.8 Å². The number of aliphatic hydroxyl groups excluding tert-OH is 1. The summed E-state index contributed by atoms with van der Waals surface area (Å²) in [5, 5.41) is 9.36. The molecule has 10 heavy (non-hydrogen) atoms. The van der Waals surface area contributed by atoms with Crippen LogP contribution < -0.4 is 5.73 Å². The van der Waals surface area contributed by atoms with Gasteiger partial charge in [-0.2, -0.15) is 11.8 Å². The Morgan fingerprint density at radius 1 is 1.60 bits per heavy atom. The highest BCUT2D eigenvalue weighted by atomic mass is 32.2. The summed E-state index contributed by atoms with van der Waals surface area (Å²) < 4.78 is 0. The van der Waals surface area contributed by atoms with Crippen molar-refractivity contribution in [2.45, 2.75) is 19.4 Å². The molecule has 0 rings (SSSR count). The van der Waals surface area contributed by atoms with E-state index in [1.165, 1.54) is 0 Å². The number of nitrogens with two attached hydrogens (primary N) is 1. The van der Waals surface area contributed by atoms with Crippen molar-refractivity contribution < 1.29 is 5.11 Å². The summed E-state index contributed by atoms with van der Waals surface area (Å²) in [5.74, 6) is 1.26. The molecule has 0 amide bonds. The molecular weight excluding hydrogens is 146 g/mol. The van der Waals surface area contributed by atoms with E-state index in [0.29, 0.717) is 6.54 Å². The minimum atomic E-state index is -0.211. The normalized spacial score (nSPS) is 16.8. The summed E-state index contributed by atoms with van der Waals surface area (Å²) in [5.41, 5.74) is 5.38. The maximum atomic E-state index is 9.36. The van der Waals surface area contributed by atoms with Gasteiger partial charge in [-0.05, 0) is 30.9 Å². The Balaban J connectivity index is 3.31. The van der Waals surface area contributed by atoms with Crippen LogP contribution in [-0.2, 0) is 0 Å². The lowest BCUT2D eigenvalue weighted by Crippen LogP contribution is -2.25. The summed E-state index contributed by atoms with van der Waals surface area (Å²) in [7, 11) is 0. The van der Waals surface area contributed by atoms with E-state index in [0.717, 1.165) is 12.2 Å². The van der Waals surface area contributed by atoms with E-state index in [9.17, 15) is 5.11 Å². The molecule has 0 spiro atoms. The Morgan fingerprint density at radius 3 is 2.60 bits per heavy atom. The first-order valence-corrected chi connectivity index (χ1v) is 4.98. The molecule has 3 N–H and O–H groups in total. The van der Waals surface area contributed by atoms with E-state index in [1.807, 2.05) is 13.2 Å². The zero-order valence-corrected chi connectivity index (χ0v) is 7.53. The summed E-state index contributed by atoms with van der Waals surface area (Å²) in [6, 6.07) is 0. The lowest BCUT2D eigenvalue weighted by molar-refractivity contribution is 0.118. The Kier molecular flexibility index (Phi) is 6.17. The van der Waals surface area contributed by atoms with Crippen molar-refractivity contribution in [2.24, 2.45) is 11.7 Å². The smallest absolute Gasteiger partial charge is 0.0585 e. The van der Waals surface area contributed by atoms with E-state index >= 15 is 0 Å². The van der Waals surface area contributed by atoms with Gasteiger partial charge in [-0.3, -0.25) is 0 Å². The highest BCUT2D eigenvalue weighted by Crippen LogP contribution is 2.07. The molecule has 0 aliphatic carbocycles. The van der Waals surface area contributed by atoms with Crippen LogP contribution in [0.1, 0.15) is 13.3 Å². The topological polar surface area (TPSA) is 46.2 Å². The van der Waals surface area contributed by atoms with Gasteiger partial charge in [0.05, 0.1) is 6.10 Å². The predicted octanol–water partition coefficient (Wildman–Crippen LogP) is 0.695. The second kappa shape index (κ2) is 6.01. The monoisotopic (exact) mass is 163 g/mol. The van der Waals surface area contributed by atoms with Crippen LogP contribution in [0.2, 0.25) is 0 Å². The van der Waals surface area contributed by atoms with E-state index in [-0.39, 0.29) is 12.0 Å². The summed E-state index contributed by atoms with van der Waals surface area (Å²) in [6.07, 6.45) is 2.69. The van der Waals surface area contributed by atoms with Gasteiger partial charge >= 0.3 is 0 Å². The lowest BCUT2D eigenvalue weighted by Gasteiger charge is -2.15. The molecule has 0 heterocycles. The zero-order chi connectivity index (χ0) is 7.98. The largest absolute Gasteiger partial charge is 0.393 e. The molecule has 0 saturated carbocycles. The molecule has 3 heteroatoms. The third kappa shape index (κ3) is 4.14. The Morgan fingerprint density at radius 2 is 2.20 bits per heavy atom. The van der Waals surface area contributed by atoms with Gasteiger partial charge in [-0.25, -0.2) is 0 Å². The van der Waals surface area contributed by atoms with Crippen LogP contribution in [0.3, 0.4) is 0 Å². The summed E-state index contributed by atoms with van der Waals surface area (Å²) in [6.45, 7) is 2.56. The van der Waals surface area contributed by atoms with Crippen LogP contribution in [0, 0.1) is 5.92 Å². The number of aliphatic hydroxyl groups is 1. The minimum Gasteiger partial charge on any atom is -0.393 e. The molecule has 0 aromatic rings. The van der Waals surface area contributed by atoms with Crippen molar-refractivity contribution in [3.05, 3.63) is 0 Å². The second-order valence-electron chi connectivity index (χ2n) is 2.56. The van der Waals surface area contributed by atoms with Crippen molar-refractivity contribution in [1.29, 1.82) is 0 Å². The van der Waals surface area contributed by atoms with Crippen LogP contribution in [0.25, 0.3) is 0 Å². The fraction of sp³-hybridized carbons (Fsp3) is 1.00. The first-order valence-electron chi connectivity index (χ1n) is 3.59. The van der Waals surface area contributed by atoms with Gasteiger partial charge in [0.2, 0.25) is 0 Å². The van der Waals surface area contributed by atoms with Gasteiger partial charge in [-0.1, -0.05) is 6.92 Å². The molecule has 2 unspecified atom stereocenters. The number of thioether (sulfide) groups is 1. The van der Waals surface area contributed by atoms with Crippen molar-refractivity contribution >= 4 is 11.8 Å². The molecule has 0 fully saturated rings. The molecule has 62 valence electrons. The highest BCUT2D eigenvalue weighted by Gasteiger charge is 2.10. The molecule has 0 aliphatic heterocycles. The zero-order valence-electron chi connectivity index (χ0n) is 6.71. The maximum Gasteiger partial charge on any atom is 0.0585 e. The van der Waals surface area contributed by atoms with Crippen molar-refractivity contribution in [1.82, 2.24) is 0 Å². The average molecular weight is 163 g/mol. The van der Waals surface area contributed by atoms with Crippen LogP contribution in [0.5, 0.6) is 0 Å². The van der Waals surface area contributed by atoms with Crippen molar-refractivity contribution in [3.8, 4) is 0 Å². The molecule has 0 bridgehead atoms. The second-order valence-corrected chi connectivity index (χ2v) is 3.55. The SMILES string of the molecule is CSCCC(O)C(C)CN. The number of hydrogen-bond acceptors (Lipinski definition) is 3. The third-order valence-electron chi connectivity index (χ3n) is 1.65. The van der Waals surface area contributed by atoms with E-state index < -0.39 is 0 Å². The van der Waals surface area contributed by atoms with E-state index in [4.69, 9.17) is 5.73 Å². The van der Waals surface area contributed by atoms with Crippen LogP contribution in [0.15, 0.2) is 0 Å². The molecule has 0 aromatic heterocycles. The summed E-state index contributed by atoms with van der Waals surface area (Å²) in [4.78, 5) is 0. The van der Waals surface area contributed by atoms with Gasteiger partial charge in [0, 0.05) is 0 Å². The van der Waals surface area contributed by atoms with Gasteiger partial charge in [-0.15, -0.1) is 0 Å². The Labute approximate surface area is 67.2 Å². The highest BCUT2D eigenvalue weighted by molar-refractivity contribution is 7.98. The Hall–Kier alpha value is 0.270.